The maximum absolute atomic E-state index is 4.59. The Morgan fingerprint density at radius 3 is 2.81 bits per heavy atom. The molecule has 4 heteroatoms. The number of nitrogens with one attached hydrogen (secondary N) is 1. The Bertz CT molecular complexity index is 369. The summed E-state index contributed by atoms with van der Waals surface area (Å²) in [5.74, 6) is 1.28. The van der Waals surface area contributed by atoms with Crippen LogP contribution in [0.15, 0.2) is 0 Å². The van der Waals surface area contributed by atoms with Crippen molar-refractivity contribution in [3.8, 4) is 0 Å². The van der Waals surface area contributed by atoms with Crippen LogP contribution in [0.4, 0.5) is 11.5 Å². The summed E-state index contributed by atoms with van der Waals surface area (Å²) < 4.78 is 2.11. The molecular formula is C12H22N4. The van der Waals surface area contributed by atoms with E-state index in [1.54, 1.807) is 0 Å². The smallest absolute Gasteiger partial charge is 0.151 e. The summed E-state index contributed by atoms with van der Waals surface area (Å²) in [6.07, 6.45) is 1.17. The monoisotopic (exact) mass is 222 g/mol. The van der Waals surface area contributed by atoms with Gasteiger partial charge in [-0.15, -0.1) is 0 Å². The summed E-state index contributed by atoms with van der Waals surface area (Å²) in [4.78, 5) is 2.48. The minimum absolute atomic E-state index is 0.585. The molecule has 1 aromatic heterocycles. The zero-order valence-electron chi connectivity index (χ0n) is 10.7. The molecule has 0 aromatic carbocycles. The van der Waals surface area contributed by atoms with Crippen molar-refractivity contribution in [2.75, 3.05) is 23.3 Å². The molecule has 0 spiro atoms. The number of hydrogen-bond acceptors (Lipinski definition) is 3. The fraction of sp³-hybridized carbons (Fsp3) is 0.750. The molecule has 0 fully saturated rings. The molecule has 0 aliphatic carbocycles. The topological polar surface area (TPSA) is 33.1 Å². The standard InChI is InChI=1S/C12H22N4/c1-5-9(3)15-8-7-13-11-10(4)14-16(6-2)12(11)15/h9,13H,5-8H2,1-4H3. The molecule has 90 valence electrons. The number of anilines is 2. The van der Waals surface area contributed by atoms with Gasteiger partial charge in [0.25, 0.3) is 0 Å². The zero-order valence-corrected chi connectivity index (χ0v) is 10.7. The first-order chi connectivity index (χ1) is 7.69. The number of aromatic nitrogens is 2. The minimum atomic E-state index is 0.585. The van der Waals surface area contributed by atoms with E-state index in [1.165, 1.54) is 17.9 Å². The first-order valence-corrected chi connectivity index (χ1v) is 6.26. The average molecular weight is 222 g/mol. The van der Waals surface area contributed by atoms with Gasteiger partial charge in [0.15, 0.2) is 5.82 Å². The quantitative estimate of drug-likeness (QED) is 0.851. The first kappa shape index (κ1) is 11.3. The van der Waals surface area contributed by atoms with Crippen LogP contribution in [0, 0.1) is 6.92 Å². The molecule has 1 aromatic rings. The Morgan fingerprint density at radius 1 is 1.44 bits per heavy atom. The van der Waals surface area contributed by atoms with Gasteiger partial charge < -0.3 is 10.2 Å². The third-order valence-corrected chi connectivity index (χ3v) is 3.45. The largest absolute Gasteiger partial charge is 0.379 e. The van der Waals surface area contributed by atoms with Gasteiger partial charge in [0.2, 0.25) is 0 Å². The van der Waals surface area contributed by atoms with Crippen LogP contribution in [0.5, 0.6) is 0 Å². The molecule has 1 atom stereocenters. The van der Waals surface area contributed by atoms with Gasteiger partial charge >= 0.3 is 0 Å². The summed E-state index contributed by atoms with van der Waals surface area (Å²) in [6.45, 7) is 11.8. The van der Waals surface area contributed by atoms with E-state index in [0.29, 0.717) is 6.04 Å². The average Bonchev–Trinajstić information content (AvgIpc) is 2.65. The zero-order chi connectivity index (χ0) is 11.7. The molecule has 1 unspecified atom stereocenters. The van der Waals surface area contributed by atoms with Crippen LogP contribution in [0.1, 0.15) is 32.9 Å². The number of aryl methyl sites for hydroxylation is 2. The van der Waals surface area contributed by atoms with Crippen LogP contribution in [0.25, 0.3) is 0 Å². The second kappa shape index (κ2) is 4.36. The maximum atomic E-state index is 4.59. The van der Waals surface area contributed by atoms with Gasteiger partial charge in [0.05, 0.1) is 5.69 Å². The fourth-order valence-corrected chi connectivity index (χ4v) is 2.35. The van der Waals surface area contributed by atoms with Crippen molar-refractivity contribution in [2.45, 2.75) is 46.7 Å². The van der Waals surface area contributed by atoms with Gasteiger partial charge in [-0.1, -0.05) is 6.92 Å². The predicted molar refractivity (Wildman–Crippen MR) is 68.2 cm³/mol. The molecule has 1 N–H and O–H groups in total. The maximum Gasteiger partial charge on any atom is 0.151 e. The third-order valence-electron chi connectivity index (χ3n) is 3.45. The summed E-state index contributed by atoms with van der Waals surface area (Å²) in [5, 5.41) is 8.06. The lowest BCUT2D eigenvalue weighted by Crippen LogP contribution is -2.41. The van der Waals surface area contributed by atoms with Gasteiger partial charge in [0.1, 0.15) is 5.69 Å². The van der Waals surface area contributed by atoms with Crippen molar-refractivity contribution in [2.24, 2.45) is 0 Å². The van der Waals surface area contributed by atoms with E-state index in [1.807, 2.05) is 0 Å². The van der Waals surface area contributed by atoms with E-state index in [2.05, 4.69) is 47.7 Å². The van der Waals surface area contributed by atoms with E-state index in [4.69, 9.17) is 0 Å². The lowest BCUT2D eigenvalue weighted by atomic mass is 10.2. The molecule has 1 aliphatic rings. The molecule has 0 saturated heterocycles. The molecule has 0 radical (unpaired) electrons. The molecule has 0 saturated carbocycles. The van der Waals surface area contributed by atoms with Gasteiger partial charge in [-0.05, 0) is 27.2 Å². The summed E-state index contributed by atoms with van der Waals surface area (Å²) >= 11 is 0. The Kier molecular flexibility index (Phi) is 3.08. The van der Waals surface area contributed by atoms with Crippen molar-refractivity contribution in [3.05, 3.63) is 5.69 Å². The van der Waals surface area contributed by atoms with E-state index >= 15 is 0 Å². The van der Waals surface area contributed by atoms with E-state index in [0.717, 1.165) is 25.3 Å². The highest BCUT2D eigenvalue weighted by atomic mass is 15.4. The normalized spacial score (nSPS) is 16.9. The minimum Gasteiger partial charge on any atom is -0.379 e. The number of hydrogen-bond donors (Lipinski definition) is 1. The predicted octanol–water partition coefficient (Wildman–Crippen LogP) is 2.24. The Labute approximate surface area is 97.6 Å². The molecule has 16 heavy (non-hydrogen) atoms. The number of fused-ring (bicyclic) bond motifs is 1. The molecule has 2 rings (SSSR count). The van der Waals surface area contributed by atoms with Gasteiger partial charge in [0, 0.05) is 25.7 Å². The van der Waals surface area contributed by atoms with Crippen molar-refractivity contribution < 1.29 is 0 Å². The summed E-state index contributed by atoms with van der Waals surface area (Å²) in [7, 11) is 0. The van der Waals surface area contributed by atoms with Crippen molar-refractivity contribution in [1.29, 1.82) is 0 Å². The van der Waals surface area contributed by atoms with E-state index < -0.39 is 0 Å². The van der Waals surface area contributed by atoms with Crippen LogP contribution in [0.2, 0.25) is 0 Å². The van der Waals surface area contributed by atoms with Crippen LogP contribution in [0.3, 0.4) is 0 Å². The lowest BCUT2D eigenvalue weighted by molar-refractivity contribution is 0.568. The molecule has 4 nitrogen and oxygen atoms in total. The van der Waals surface area contributed by atoms with Crippen LogP contribution in [-0.4, -0.2) is 28.9 Å². The first-order valence-electron chi connectivity index (χ1n) is 6.26. The molecule has 1 aliphatic heterocycles. The molecule has 2 heterocycles. The molecule has 0 amide bonds. The van der Waals surface area contributed by atoms with Crippen LogP contribution >= 0.6 is 0 Å². The van der Waals surface area contributed by atoms with Gasteiger partial charge in [-0.2, -0.15) is 5.10 Å². The van der Waals surface area contributed by atoms with E-state index in [-0.39, 0.29) is 0 Å². The lowest BCUT2D eigenvalue weighted by Gasteiger charge is -2.35. The van der Waals surface area contributed by atoms with Crippen molar-refractivity contribution in [1.82, 2.24) is 9.78 Å². The summed E-state index contributed by atoms with van der Waals surface area (Å²) in [5.41, 5.74) is 2.35. The molecular weight excluding hydrogens is 200 g/mol. The Hall–Kier alpha value is -1.19. The second-order valence-electron chi connectivity index (χ2n) is 4.48. The van der Waals surface area contributed by atoms with Crippen molar-refractivity contribution >= 4 is 11.5 Å². The third kappa shape index (κ3) is 1.66. The highest BCUT2D eigenvalue weighted by Crippen LogP contribution is 2.33. The fourth-order valence-electron chi connectivity index (χ4n) is 2.35. The van der Waals surface area contributed by atoms with E-state index in [9.17, 15) is 0 Å². The highest BCUT2D eigenvalue weighted by Gasteiger charge is 2.26. The number of rotatable bonds is 3. The van der Waals surface area contributed by atoms with Crippen LogP contribution < -0.4 is 10.2 Å². The number of nitrogens with zero attached hydrogens (tertiary/aromatic N) is 3. The van der Waals surface area contributed by atoms with Crippen molar-refractivity contribution in [3.63, 3.8) is 0 Å². The molecule has 0 bridgehead atoms. The Morgan fingerprint density at radius 2 is 2.19 bits per heavy atom. The van der Waals surface area contributed by atoms with Gasteiger partial charge in [-0.3, -0.25) is 0 Å². The Balaban J connectivity index is 2.43. The SMILES string of the molecule is CCC(C)N1CCNc2c(C)nn(CC)c21. The highest BCUT2D eigenvalue weighted by molar-refractivity contribution is 5.71. The van der Waals surface area contributed by atoms with Gasteiger partial charge in [-0.25, -0.2) is 4.68 Å². The summed E-state index contributed by atoms with van der Waals surface area (Å²) in [6, 6.07) is 0.585. The van der Waals surface area contributed by atoms with Crippen LogP contribution in [-0.2, 0) is 6.54 Å². The second-order valence-corrected chi connectivity index (χ2v) is 4.48.